The number of rotatable bonds is 3. The van der Waals surface area contributed by atoms with Gasteiger partial charge in [-0.05, 0) is 31.0 Å². The maximum Gasteiger partial charge on any atom is 0.240 e. The van der Waals surface area contributed by atoms with E-state index in [9.17, 15) is 9.90 Å². The summed E-state index contributed by atoms with van der Waals surface area (Å²) in [5.41, 5.74) is 2.51. The van der Waals surface area contributed by atoms with Crippen LogP contribution in [0.3, 0.4) is 0 Å². The van der Waals surface area contributed by atoms with Gasteiger partial charge >= 0.3 is 0 Å². The van der Waals surface area contributed by atoms with E-state index in [2.05, 4.69) is 46.3 Å². The van der Waals surface area contributed by atoms with Gasteiger partial charge < -0.3 is 20.2 Å². The van der Waals surface area contributed by atoms with Crippen LogP contribution >= 0.6 is 0 Å². The Morgan fingerprint density at radius 3 is 2.60 bits per heavy atom. The van der Waals surface area contributed by atoms with E-state index in [0.29, 0.717) is 19.0 Å². The molecule has 0 aliphatic carbocycles. The van der Waals surface area contributed by atoms with Gasteiger partial charge in [0.05, 0.1) is 12.1 Å². The summed E-state index contributed by atoms with van der Waals surface area (Å²) in [4.78, 5) is 19.6. The van der Waals surface area contributed by atoms with Crippen molar-refractivity contribution in [3.8, 4) is 0 Å². The topological polar surface area (TPSA) is 59.1 Å². The summed E-state index contributed by atoms with van der Waals surface area (Å²) in [6, 6.07) is 8.80. The average molecular weight is 344 g/mol. The van der Waals surface area contributed by atoms with E-state index >= 15 is 0 Å². The monoisotopic (exact) mass is 344 g/mol. The highest BCUT2D eigenvalue weighted by molar-refractivity contribution is 5.82. The number of carbonyl (C=O) groups is 1. The van der Waals surface area contributed by atoms with Gasteiger partial charge in [0, 0.05) is 57.5 Å². The molecule has 0 radical (unpaired) electrons. The molecule has 1 aromatic rings. The Kier molecular flexibility index (Phi) is 4.67. The summed E-state index contributed by atoms with van der Waals surface area (Å²) in [5.74, 6) is 0.201. The number of β-amino-alcohol motifs (C(OH)–C–C–N with tert-alkyl or cyclic N) is 1. The second-order valence-corrected chi connectivity index (χ2v) is 7.57. The van der Waals surface area contributed by atoms with Gasteiger partial charge in [-0.1, -0.05) is 12.1 Å². The molecular weight excluding hydrogens is 316 g/mol. The molecule has 3 heterocycles. The van der Waals surface area contributed by atoms with Crippen LogP contribution in [0, 0.1) is 6.92 Å². The second-order valence-electron chi connectivity index (χ2n) is 7.57. The number of aliphatic hydroxyl groups excluding tert-OH is 1. The molecule has 1 aromatic carbocycles. The molecule has 0 spiro atoms. The first kappa shape index (κ1) is 16.8. The molecule has 3 saturated heterocycles. The molecule has 4 rings (SSSR count). The van der Waals surface area contributed by atoms with E-state index in [-0.39, 0.29) is 18.1 Å². The lowest BCUT2D eigenvalue weighted by atomic mass is 10.1. The number of anilines is 1. The minimum absolute atomic E-state index is 0.146. The van der Waals surface area contributed by atoms with Crippen LogP contribution in [0.15, 0.2) is 24.3 Å². The number of benzene rings is 1. The molecule has 0 saturated carbocycles. The van der Waals surface area contributed by atoms with Gasteiger partial charge in [0.2, 0.25) is 5.91 Å². The van der Waals surface area contributed by atoms with Crippen molar-refractivity contribution >= 4 is 11.6 Å². The van der Waals surface area contributed by atoms with Crippen LogP contribution in [0.5, 0.6) is 0 Å². The number of nitrogens with zero attached hydrogens (tertiary/aromatic N) is 3. The average Bonchev–Trinajstić information content (AvgIpc) is 2.94. The zero-order chi connectivity index (χ0) is 17.4. The SMILES string of the molecule is Cc1cccc(N2CCN(C(=O)[C@@H]3C[C@@H](O)CN3C3CNC3)CC2)c1. The highest BCUT2D eigenvalue weighted by Crippen LogP contribution is 2.25. The van der Waals surface area contributed by atoms with Gasteiger partial charge in [-0.3, -0.25) is 9.69 Å². The Bertz CT molecular complexity index is 626. The predicted octanol–water partition coefficient (Wildman–Crippen LogP) is 0.0506. The maximum absolute atomic E-state index is 13.0. The summed E-state index contributed by atoms with van der Waals surface area (Å²) < 4.78 is 0. The van der Waals surface area contributed by atoms with E-state index in [0.717, 1.165) is 39.3 Å². The lowest BCUT2D eigenvalue weighted by molar-refractivity contribution is -0.137. The standard InChI is InChI=1S/C19H28N4O2/c1-14-3-2-4-15(9-14)21-5-7-22(8-6-21)19(25)18-10-17(24)13-23(18)16-11-20-12-16/h2-4,9,16-18,20,24H,5-8,10-13H2,1H3/t17-,18+/m1/s1. The number of nitrogens with one attached hydrogen (secondary N) is 1. The Balaban J connectivity index is 1.37. The highest BCUT2D eigenvalue weighted by atomic mass is 16.3. The van der Waals surface area contributed by atoms with Crippen molar-refractivity contribution < 1.29 is 9.90 Å². The summed E-state index contributed by atoms with van der Waals surface area (Å²) in [6.45, 7) is 7.86. The molecular formula is C19H28N4O2. The van der Waals surface area contributed by atoms with Crippen molar-refractivity contribution in [2.45, 2.75) is 31.5 Å². The minimum Gasteiger partial charge on any atom is -0.392 e. The fraction of sp³-hybridized carbons (Fsp3) is 0.632. The number of amides is 1. The summed E-state index contributed by atoms with van der Waals surface area (Å²) in [7, 11) is 0. The molecule has 3 aliphatic rings. The van der Waals surface area contributed by atoms with Crippen molar-refractivity contribution in [1.82, 2.24) is 15.1 Å². The van der Waals surface area contributed by atoms with Crippen molar-refractivity contribution in [3.05, 3.63) is 29.8 Å². The third kappa shape index (κ3) is 3.38. The first-order valence-electron chi connectivity index (χ1n) is 9.37. The van der Waals surface area contributed by atoms with E-state index in [1.54, 1.807) is 0 Å². The fourth-order valence-corrected chi connectivity index (χ4v) is 4.21. The predicted molar refractivity (Wildman–Crippen MR) is 97.7 cm³/mol. The van der Waals surface area contributed by atoms with E-state index in [1.165, 1.54) is 11.3 Å². The number of carbonyl (C=O) groups excluding carboxylic acids is 1. The number of piperazine rings is 1. The van der Waals surface area contributed by atoms with Crippen molar-refractivity contribution in [2.75, 3.05) is 50.7 Å². The summed E-state index contributed by atoms with van der Waals surface area (Å²) in [6.07, 6.45) is 0.205. The van der Waals surface area contributed by atoms with E-state index in [4.69, 9.17) is 0 Å². The zero-order valence-corrected chi connectivity index (χ0v) is 14.9. The van der Waals surface area contributed by atoms with Gasteiger partial charge in [0.25, 0.3) is 0 Å². The Morgan fingerprint density at radius 1 is 1.20 bits per heavy atom. The second kappa shape index (κ2) is 6.94. The van der Waals surface area contributed by atoms with Crippen molar-refractivity contribution in [2.24, 2.45) is 0 Å². The van der Waals surface area contributed by atoms with Crippen LogP contribution in [-0.4, -0.2) is 84.8 Å². The van der Waals surface area contributed by atoms with Gasteiger partial charge in [0.1, 0.15) is 0 Å². The normalized spacial score (nSPS) is 28.2. The molecule has 0 unspecified atom stereocenters. The minimum atomic E-state index is -0.372. The van der Waals surface area contributed by atoms with Gasteiger partial charge in [-0.25, -0.2) is 0 Å². The quantitative estimate of drug-likeness (QED) is 0.812. The maximum atomic E-state index is 13.0. The first-order chi connectivity index (χ1) is 12.1. The number of aryl methyl sites for hydroxylation is 1. The smallest absolute Gasteiger partial charge is 0.240 e. The van der Waals surface area contributed by atoms with Crippen LogP contribution < -0.4 is 10.2 Å². The highest BCUT2D eigenvalue weighted by Gasteiger charge is 2.43. The third-order valence-corrected chi connectivity index (χ3v) is 5.79. The number of aliphatic hydroxyl groups is 1. The van der Waals surface area contributed by atoms with E-state index in [1.807, 2.05) is 4.90 Å². The van der Waals surface area contributed by atoms with Crippen LogP contribution in [0.1, 0.15) is 12.0 Å². The molecule has 6 nitrogen and oxygen atoms in total. The van der Waals surface area contributed by atoms with Crippen LogP contribution in [0.25, 0.3) is 0 Å². The van der Waals surface area contributed by atoms with Gasteiger partial charge in [-0.2, -0.15) is 0 Å². The number of likely N-dealkylation sites (tertiary alicyclic amines) is 1. The lowest BCUT2D eigenvalue weighted by Crippen LogP contribution is -2.62. The van der Waals surface area contributed by atoms with Gasteiger partial charge in [0.15, 0.2) is 0 Å². The van der Waals surface area contributed by atoms with Crippen LogP contribution in [-0.2, 0) is 4.79 Å². The molecule has 1 amide bonds. The number of hydrogen-bond acceptors (Lipinski definition) is 5. The molecule has 6 heteroatoms. The fourth-order valence-electron chi connectivity index (χ4n) is 4.21. The molecule has 136 valence electrons. The zero-order valence-electron chi connectivity index (χ0n) is 14.9. The molecule has 0 aromatic heterocycles. The van der Waals surface area contributed by atoms with E-state index < -0.39 is 0 Å². The Hall–Kier alpha value is -1.63. The third-order valence-electron chi connectivity index (χ3n) is 5.79. The molecule has 2 atom stereocenters. The molecule has 0 bridgehead atoms. The molecule has 3 fully saturated rings. The van der Waals surface area contributed by atoms with Crippen molar-refractivity contribution in [3.63, 3.8) is 0 Å². The summed E-state index contributed by atoms with van der Waals surface area (Å²) >= 11 is 0. The molecule has 3 aliphatic heterocycles. The Labute approximate surface area is 149 Å². The lowest BCUT2D eigenvalue weighted by Gasteiger charge is -2.42. The van der Waals surface area contributed by atoms with Gasteiger partial charge in [-0.15, -0.1) is 0 Å². The largest absolute Gasteiger partial charge is 0.392 e. The summed E-state index contributed by atoms with van der Waals surface area (Å²) in [5, 5.41) is 13.3. The number of hydrogen-bond donors (Lipinski definition) is 2. The molecule has 25 heavy (non-hydrogen) atoms. The van der Waals surface area contributed by atoms with Crippen LogP contribution in [0.2, 0.25) is 0 Å². The Morgan fingerprint density at radius 2 is 1.96 bits per heavy atom. The first-order valence-corrected chi connectivity index (χ1v) is 9.37. The molecule has 2 N–H and O–H groups in total. The van der Waals surface area contributed by atoms with Crippen LogP contribution in [0.4, 0.5) is 5.69 Å². The van der Waals surface area contributed by atoms with Crippen molar-refractivity contribution in [1.29, 1.82) is 0 Å².